The van der Waals surface area contributed by atoms with Crippen LogP contribution in [0.2, 0.25) is 0 Å². The largest absolute Gasteiger partial charge is 0.349 e. The summed E-state index contributed by atoms with van der Waals surface area (Å²) in [6, 6.07) is 15.4. The Hall–Kier alpha value is -3.41. The lowest BCUT2D eigenvalue weighted by Crippen LogP contribution is -2.40. The highest BCUT2D eigenvalue weighted by atomic mass is 16.2. The number of aromatic nitrogens is 2. The topological polar surface area (TPSA) is 76.0 Å². The van der Waals surface area contributed by atoms with Gasteiger partial charge in [0, 0.05) is 24.2 Å². The van der Waals surface area contributed by atoms with Crippen LogP contribution in [-0.2, 0) is 4.79 Å². The first-order chi connectivity index (χ1) is 13.5. The molecule has 2 aromatic carbocycles. The molecule has 1 unspecified atom stereocenters. The van der Waals surface area contributed by atoms with Crippen molar-refractivity contribution in [1.29, 1.82) is 0 Å². The number of hydrogen-bond donors (Lipinski definition) is 2. The van der Waals surface area contributed by atoms with Crippen LogP contribution in [0.25, 0.3) is 11.4 Å². The number of amides is 2. The molecule has 28 heavy (non-hydrogen) atoms. The Morgan fingerprint density at radius 2 is 1.93 bits per heavy atom. The van der Waals surface area contributed by atoms with Crippen LogP contribution >= 0.6 is 0 Å². The molecule has 4 rings (SSSR count). The first-order valence-electron chi connectivity index (χ1n) is 9.31. The van der Waals surface area contributed by atoms with E-state index in [0.717, 1.165) is 28.2 Å². The summed E-state index contributed by atoms with van der Waals surface area (Å²) in [5.41, 5.74) is 4.43. The van der Waals surface area contributed by atoms with Gasteiger partial charge in [0.05, 0.1) is 12.2 Å². The number of carbonyl (C=O) groups excluding carboxylic acids is 2. The summed E-state index contributed by atoms with van der Waals surface area (Å²) in [5, 5.41) is 5.80. The van der Waals surface area contributed by atoms with Gasteiger partial charge in [-0.2, -0.15) is 0 Å². The fourth-order valence-electron chi connectivity index (χ4n) is 3.54. The third-order valence-corrected chi connectivity index (χ3v) is 5.04. The van der Waals surface area contributed by atoms with Crippen molar-refractivity contribution < 1.29 is 9.59 Å². The van der Waals surface area contributed by atoms with Gasteiger partial charge in [0.2, 0.25) is 5.91 Å². The monoisotopic (exact) mass is 374 g/mol. The quantitative estimate of drug-likeness (QED) is 0.734. The molecule has 2 N–H and O–H groups in total. The summed E-state index contributed by atoms with van der Waals surface area (Å²) in [5.74, 6) is 0.457. The van der Waals surface area contributed by atoms with E-state index in [1.165, 1.54) is 0 Å². The van der Waals surface area contributed by atoms with Crippen LogP contribution in [0.3, 0.4) is 0 Å². The number of nitrogens with one attached hydrogen (secondary N) is 2. The molecule has 0 radical (unpaired) electrons. The van der Waals surface area contributed by atoms with Gasteiger partial charge in [-0.1, -0.05) is 42.0 Å². The van der Waals surface area contributed by atoms with Crippen LogP contribution in [0.4, 0.5) is 5.69 Å². The molecular formula is C22H22N4O2. The zero-order valence-corrected chi connectivity index (χ0v) is 15.9. The molecule has 0 bridgehead atoms. The highest BCUT2D eigenvalue weighted by Crippen LogP contribution is 2.30. The number of nitrogens with zero attached hydrogens (tertiary/aromatic N) is 2. The van der Waals surface area contributed by atoms with E-state index < -0.39 is 0 Å². The van der Waals surface area contributed by atoms with E-state index in [1.807, 2.05) is 66.9 Å². The number of aryl methyl sites for hydroxylation is 2. The van der Waals surface area contributed by atoms with Crippen molar-refractivity contribution in [2.24, 2.45) is 0 Å². The molecule has 0 spiro atoms. The second-order valence-corrected chi connectivity index (χ2v) is 7.13. The molecule has 1 aliphatic heterocycles. The van der Waals surface area contributed by atoms with Crippen LogP contribution in [0.15, 0.2) is 54.7 Å². The van der Waals surface area contributed by atoms with Crippen LogP contribution in [0.5, 0.6) is 0 Å². The molecule has 0 aliphatic carbocycles. The zero-order valence-electron chi connectivity index (χ0n) is 15.9. The lowest BCUT2D eigenvalue weighted by molar-refractivity contribution is -0.117. The lowest BCUT2D eigenvalue weighted by atomic mass is 10.1. The number of rotatable bonds is 4. The summed E-state index contributed by atoms with van der Waals surface area (Å²) in [6.07, 6.45) is 1.83. The number of carbonyl (C=O) groups is 2. The van der Waals surface area contributed by atoms with Crippen molar-refractivity contribution >= 4 is 17.5 Å². The van der Waals surface area contributed by atoms with E-state index in [4.69, 9.17) is 0 Å². The highest BCUT2D eigenvalue weighted by Gasteiger charge is 2.30. The Kier molecular flexibility index (Phi) is 4.69. The van der Waals surface area contributed by atoms with Gasteiger partial charge < -0.3 is 15.2 Å². The van der Waals surface area contributed by atoms with Crippen molar-refractivity contribution in [3.05, 3.63) is 71.5 Å². The molecule has 6 heteroatoms. The maximum Gasteiger partial charge on any atom is 0.269 e. The van der Waals surface area contributed by atoms with Crippen molar-refractivity contribution in [3.8, 4) is 11.4 Å². The van der Waals surface area contributed by atoms with E-state index in [2.05, 4.69) is 15.6 Å². The summed E-state index contributed by atoms with van der Waals surface area (Å²) in [6.45, 7) is 4.41. The van der Waals surface area contributed by atoms with Gasteiger partial charge in [0.25, 0.3) is 5.91 Å². The van der Waals surface area contributed by atoms with Crippen LogP contribution < -0.4 is 10.6 Å². The van der Waals surface area contributed by atoms with Gasteiger partial charge in [-0.25, -0.2) is 4.98 Å². The number of hydrogen-bond acceptors (Lipinski definition) is 3. The Balaban J connectivity index is 1.62. The van der Waals surface area contributed by atoms with E-state index in [9.17, 15) is 9.59 Å². The maximum absolute atomic E-state index is 12.6. The predicted octanol–water partition coefficient (Wildman–Crippen LogP) is 3.48. The van der Waals surface area contributed by atoms with Gasteiger partial charge in [0.1, 0.15) is 11.5 Å². The highest BCUT2D eigenvalue weighted by molar-refractivity contribution is 5.95. The molecule has 3 aromatic rings. The number of benzene rings is 2. The Labute approximate surface area is 163 Å². The summed E-state index contributed by atoms with van der Waals surface area (Å²) in [4.78, 5) is 29.4. The van der Waals surface area contributed by atoms with Crippen LogP contribution in [0, 0.1) is 13.8 Å². The molecule has 1 aromatic heterocycles. The minimum absolute atomic E-state index is 0.0969. The summed E-state index contributed by atoms with van der Waals surface area (Å²) < 4.78 is 1.90. The first kappa shape index (κ1) is 18.0. The molecule has 142 valence electrons. The molecule has 6 nitrogen and oxygen atoms in total. The minimum Gasteiger partial charge on any atom is -0.349 e. The second-order valence-electron chi connectivity index (χ2n) is 7.13. The lowest BCUT2D eigenvalue weighted by Gasteiger charge is -2.27. The average Bonchev–Trinajstić information content (AvgIpc) is 3.12. The van der Waals surface area contributed by atoms with Gasteiger partial charge in [-0.3, -0.25) is 9.59 Å². The molecule has 1 atom stereocenters. The number of fused-ring (bicyclic) bond motifs is 1. The smallest absolute Gasteiger partial charge is 0.269 e. The van der Waals surface area contributed by atoms with Crippen molar-refractivity contribution in [3.63, 3.8) is 0 Å². The Morgan fingerprint density at radius 1 is 1.18 bits per heavy atom. The summed E-state index contributed by atoms with van der Waals surface area (Å²) >= 11 is 0. The first-order valence-corrected chi connectivity index (χ1v) is 9.31. The van der Waals surface area contributed by atoms with Gasteiger partial charge in [-0.15, -0.1) is 0 Å². The average molecular weight is 374 g/mol. The van der Waals surface area contributed by atoms with E-state index in [0.29, 0.717) is 12.2 Å². The predicted molar refractivity (Wildman–Crippen MR) is 108 cm³/mol. The van der Waals surface area contributed by atoms with E-state index in [-0.39, 0.29) is 24.3 Å². The van der Waals surface area contributed by atoms with E-state index >= 15 is 0 Å². The molecule has 0 fully saturated rings. The zero-order chi connectivity index (χ0) is 19.7. The van der Waals surface area contributed by atoms with Crippen LogP contribution in [-0.4, -0.2) is 27.9 Å². The van der Waals surface area contributed by atoms with E-state index in [1.54, 1.807) is 6.20 Å². The minimum atomic E-state index is -0.199. The van der Waals surface area contributed by atoms with Crippen LogP contribution in [0.1, 0.15) is 34.1 Å². The molecule has 2 amide bonds. The fourth-order valence-corrected chi connectivity index (χ4v) is 3.54. The van der Waals surface area contributed by atoms with Crippen molar-refractivity contribution in [2.75, 3.05) is 11.9 Å². The second kappa shape index (κ2) is 7.31. The van der Waals surface area contributed by atoms with Crippen molar-refractivity contribution in [2.45, 2.75) is 26.3 Å². The fraction of sp³-hybridized carbons (Fsp3) is 0.227. The number of imidazole rings is 1. The molecular weight excluding hydrogens is 352 g/mol. The van der Waals surface area contributed by atoms with Gasteiger partial charge >= 0.3 is 0 Å². The van der Waals surface area contributed by atoms with Gasteiger partial charge in [0.15, 0.2) is 0 Å². The standard InChI is InChI=1S/C22H22N4O2/c1-14-7-9-16(10-8-14)25-20(27)11-17-12-24-22(28)19-13-23-21(26(17)19)18-6-4-3-5-15(18)2/h3-10,13,17H,11-12H2,1-2H3,(H,24,28)(H,25,27). The summed E-state index contributed by atoms with van der Waals surface area (Å²) in [7, 11) is 0. The molecule has 1 aliphatic rings. The van der Waals surface area contributed by atoms with Gasteiger partial charge in [-0.05, 0) is 31.5 Å². The normalized spacial score (nSPS) is 15.6. The Bertz CT molecular complexity index is 1040. The SMILES string of the molecule is Cc1ccc(NC(=O)CC2CNC(=O)c3cnc(-c4ccccc4C)n32)cc1. The molecule has 0 saturated carbocycles. The third-order valence-electron chi connectivity index (χ3n) is 5.04. The van der Waals surface area contributed by atoms with Crippen molar-refractivity contribution in [1.82, 2.24) is 14.9 Å². The molecule has 2 heterocycles. The molecule has 0 saturated heterocycles. The number of anilines is 1. The maximum atomic E-state index is 12.6. The Morgan fingerprint density at radius 3 is 2.68 bits per heavy atom. The third kappa shape index (κ3) is 3.41.